The molecule has 10 nitrogen and oxygen atoms in total. The molecule has 0 bridgehead atoms. The fraction of sp³-hybridized carbons (Fsp3) is 0.250. The van der Waals surface area contributed by atoms with Crippen LogP contribution in [0.2, 0.25) is 0 Å². The number of hydrogen-bond acceptors (Lipinski definition) is 8. The first-order valence-electron chi connectivity index (χ1n) is 6.86. The number of nitrogens with one attached hydrogen (secondary N) is 1. The van der Waals surface area contributed by atoms with E-state index in [0.29, 0.717) is 11.4 Å². The molecule has 2 rings (SSSR count). The third-order valence-electron chi connectivity index (χ3n) is 3.01. The molecule has 1 aromatic heterocycles. The normalized spacial score (nSPS) is 12.6. The largest absolute Gasteiger partial charge is 0.290 e. The lowest BCUT2D eigenvalue weighted by Crippen LogP contribution is -2.34. The predicted molar refractivity (Wildman–Crippen MR) is 96.0 cm³/mol. The average molecular weight is 469 g/mol. The van der Waals surface area contributed by atoms with E-state index in [0.717, 1.165) is 16.1 Å². The molecule has 0 aliphatic heterocycles. The van der Waals surface area contributed by atoms with Gasteiger partial charge in [0.15, 0.2) is 16.6 Å². The zero-order valence-corrected chi connectivity index (χ0v) is 16.5. The molecule has 4 N–H and O–H groups in total. The lowest BCUT2D eigenvalue weighted by molar-refractivity contribution is 0.234. The van der Waals surface area contributed by atoms with Crippen LogP contribution < -0.4 is 10.6 Å². The van der Waals surface area contributed by atoms with Crippen LogP contribution in [0.4, 0.5) is 10.1 Å². The molecule has 0 radical (unpaired) electrons. The minimum absolute atomic E-state index is 0.0768. The van der Waals surface area contributed by atoms with E-state index in [1.807, 2.05) is 5.48 Å². The summed E-state index contributed by atoms with van der Waals surface area (Å²) in [6.45, 7) is 0.125. The van der Waals surface area contributed by atoms with Crippen LogP contribution in [0.15, 0.2) is 37.3 Å². The van der Waals surface area contributed by atoms with Crippen molar-refractivity contribution in [3.05, 3.63) is 34.2 Å². The van der Waals surface area contributed by atoms with Gasteiger partial charge in [-0.3, -0.25) is 10.7 Å². The smallest absolute Gasteiger partial charge is 0.276 e. The Morgan fingerprint density at radius 3 is 2.88 bits per heavy atom. The zero-order valence-electron chi connectivity index (χ0n) is 13.3. The summed E-state index contributed by atoms with van der Waals surface area (Å²) in [5, 5.41) is 22.0. The van der Waals surface area contributed by atoms with Gasteiger partial charge >= 0.3 is 0 Å². The summed E-state index contributed by atoms with van der Waals surface area (Å²) < 4.78 is 41.4. The molecule has 0 spiro atoms. The molecule has 0 saturated carbocycles. The van der Waals surface area contributed by atoms with E-state index in [4.69, 9.17) is 5.14 Å². The lowest BCUT2D eigenvalue weighted by Gasteiger charge is -2.12. The summed E-state index contributed by atoms with van der Waals surface area (Å²) in [5.74, 6) is -0.234. The number of nitrogens with two attached hydrogens (primary N) is 1. The number of hydroxylamine groups is 1. The highest BCUT2D eigenvalue weighted by molar-refractivity contribution is 9.10. The standard InChI is InChI=1S/C12H14BrFN6O4S2/c1-20(26(15,22)23)4-5-25-12-10(18-24-19-12)11(17-21)16-7-2-3-9(14)8(13)6-7/h2-3,6,21H,4-5H2,1H3,(H,16,17)(H2,15,22,23). The van der Waals surface area contributed by atoms with E-state index in [2.05, 4.69) is 35.9 Å². The molecule has 0 aliphatic rings. The van der Waals surface area contributed by atoms with E-state index in [1.165, 1.54) is 25.2 Å². The summed E-state index contributed by atoms with van der Waals surface area (Å²) >= 11 is 4.17. The maximum absolute atomic E-state index is 13.3. The van der Waals surface area contributed by atoms with Gasteiger partial charge in [0.2, 0.25) is 0 Å². The predicted octanol–water partition coefficient (Wildman–Crippen LogP) is 1.26. The third kappa shape index (κ3) is 5.46. The summed E-state index contributed by atoms with van der Waals surface area (Å²) in [4.78, 5) is 4.12. The van der Waals surface area contributed by atoms with Crippen molar-refractivity contribution in [3.8, 4) is 0 Å². The molecule has 0 aliphatic carbocycles. The van der Waals surface area contributed by atoms with Crippen molar-refractivity contribution >= 4 is 49.4 Å². The van der Waals surface area contributed by atoms with Crippen LogP contribution >= 0.6 is 27.7 Å². The minimum Gasteiger partial charge on any atom is -0.290 e. The van der Waals surface area contributed by atoms with Gasteiger partial charge in [-0.2, -0.15) is 12.7 Å². The van der Waals surface area contributed by atoms with Crippen molar-refractivity contribution in [2.75, 3.05) is 19.3 Å². The Morgan fingerprint density at radius 2 is 2.27 bits per heavy atom. The maximum Gasteiger partial charge on any atom is 0.276 e. The van der Waals surface area contributed by atoms with Crippen LogP contribution in [0.3, 0.4) is 0 Å². The molecule has 0 atom stereocenters. The highest BCUT2D eigenvalue weighted by atomic mass is 79.9. The van der Waals surface area contributed by atoms with Gasteiger partial charge in [-0.1, -0.05) is 11.8 Å². The Kier molecular flexibility index (Phi) is 7.08. The average Bonchev–Trinajstić information content (AvgIpc) is 3.03. The second kappa shape index (κ2) is 8.88. The van der Waals surface area contributed by atoms with Crippen LogP contribution in [0.1, 0.15) is 5.69 Å². The Morgan fingerprint density at radius 1 is 1.54 bits per heavy atom. The summed E-state index contributed by atoms with van der Waals surface area (Å²) in [5.41, 5.74) is 2.33. The number of aliphatic imine (C=N–C) groups is 1. The van der Waals surface area contributed by atoms with E-state index in [1.54, 1.807) is 0 Å². The quantitative estimate of drug-likeness (QED) is 0.238. The first kappa shape index (κ1) is 20.7. The molecule has 26 heavy (non-hydrogen) atoms. The van der Waals surface area contributed by atoms with Gasteiger partial charge in [0, 0.05) is 19.3 Å². The number of benzene rings is 1. The summed E-state index contributed by atoms with van der Waals surface area (Å²) in [7, 11) is -2.43. The minimum atomic E-state index is -3.77. The molecule has 0 saturated heterocycles. The van der Waals surface area contributed by atoms with Crippen LogP contribution in [0.25, 0.3) is 0 Å². The fourth-order valence-corrected chi connectivity index (χ4v) is 3.38. The van der Waals surface area contributed by atoms with Crippen LogP contribution in [0.5, 0.6) is 0 Å². The van der Waals surface area contributed by atoms with Crippen molar-refractivity contribution < 1.29 is 22.6 Å². The number of halogens is 2. The van der Waals surface area contributed by atoms with Crippen molar-refractivity contribution in [1.29, 1.82) is 0 Å². The Balaban J connectivity index is 2.16. The number of nitrogens with zero attached hydrogens (tertiary/aromatic N) is 4. The van der Waals surface area contributed by atoms with Crippen molar-refractivity contribution in [1.82, 2.24) is 20.1 Å². The second-order valence-corrected chi connectivity index (χ2v) is 8.39. The van der Waals surface area contributed by atoms with Crippen molar-refractivity contribution in [2.24, 2.45) is 10.1 Å². The number of hydrogen-bond donors (Lipinski definition) is 3. The van der Waals surface area contributed by atoms with Gasteiger partial charge in [0.25, 0.3) is 10.2 Å². The van der Waals surface area contributed by atoms with E-state index in [-0.39, 0.29) is 27.6 Å². The van der Waals surface area contributed by atoms with Gasteiger partial charge in [0.05, 0.1) is 10.2 Å². The monoisotopic (exact) mass is 468 g/mol. The molecular formula is C12H14BrFN6O4S2. The molecule has 0 fully saturated rings. The Hall–Kier alpha value is -1.58. The molecule has 0 unspecified atom stereocenters. The topological polar surface area (TPSA) is 147 Å². The SMILES string of the molecule is CN(CCSc1nonc1C(=Nc1ccc(F)c(Br)c1)NO)S(N)(=O)=O. The van der Waals surface area contributed by atoms with Crippen molar-refractivity contribution in [3.63, 3.8) is 0 Å². The molecular weight excluding hydrogens is 455 g/mol. The van der Waals surface area contributed by atoms with Gasteiger partial charge < -0.3 is 0 Å². The van der Waals surface area contributed by atoms with Crippen molar-refractivity contribution in [2.45, 2.75) is 5.03 Å². The van der Waals surface area contributed by atoms with Gasteiger partial charge in [-0.05, 0) is 44.4 Å². The third-order valence-corrected chi connectivity index (χ3v) is 5.60. The first-order valence-corrected chi connectivity index (χ1v) is 10.1. The summed E-state index contributed by atoms with van der Waals surface area (Å²) in [6.07, 6.45) is 0. The van der Waals surface area contributed by atoms with Gasteiger partial charge in [-0.25, -0.2) is 19.2 Å². The van der Waals surface area contributed by atoms with E-state index in [9.17, 15) is 18.0 Å². The molecule has 142 valence electrons. The van der Waals surface area contributed by atoms with Gasteiger partial charge in [-0.15, -0.1) is 0 Å². The first-order chi connectivity index (χ1) is 12.2. The number of thioether (sulfide) groups is 1. The van der Waals surface area contributed by atoms with E-state index >= 15 is 0 Å². The van der Waals surface area contributed by atoms with Crippen LogP contribution in [-0.2, 0) is 10.2 Å². The number of amidine groups is 1. The number of aromatic nitrogens is 2. The Bertz CT molecular complexity index is 907. The summed E-state index contributed by atoms with van der Waals surface area (Å²) in [6, 6.07) is 4.02. The highest BCUT2D eigenvalue weighted by Crippen LogP contribution is 2.24. The maximum atomic E-state index is 13.3. The van der Waals surface area contributed by atoms with E-state index < -0.39 is 16.0 Å². The zero-order chi connectivity index (χ0) is 19.3. The van der Waals surface area contributed by atoms with Crippen LogP contribution in [0, 0.1) is 5.82 Å². The second-order valence-electron chi connectivity index (χ2n) is 4.80. The highest BCUT2D eigenvalue weighted by Gasteiger charge is 2.18. The molecule has 2 aromatic rings. The molecule has 1 heterocycles. The van der Waals surface area contributed by atoms with Crippen LogP contribution in [-0.4, -0.2) is 53.4 Å². The molecule has 14 heteroatoms. The number of rotatable bonds is 7. The van der Waals surface area contributed by atoms with Gasteiger partial charge in [0.1, 0.15) is 5.82 Å². The fourth-order valence-electron chi connectivity index (χ4n) is 1.63. The molecule has 0 amide bonds. The molecule has 1 aromatic carbocycles. The lowest BCUT2D eigenvalue weighted by atomic mass is 10.3. The Labute approximate surface area is 160 Å².